The Balaban J connectivity index is 3.16. The van der Waals surface area contributed by atoms with Gasteiger partial charge in [-0.05, 0) is 40.3 Å². The fraction of sp³-hybridized carbons (Fsp3) is 0. The molecule has 10 heavy (non-hydrogen) atoms. The maximum atomic E-state index is 5.84. The maximum absolute atomic E-state index is 5.84. The molecular formula is C8H6ClI. The van der Waals surface area contributed by atoms with Gasteiger partial charge in [0.2, 0.25) is 0 Å². The zero-order valence-corrected chi connectivity index (χ0v) is 8.19. The van der Waals surface area contributed by atoms with E-state index in [1.807, 2.05) is 18.2 Å². The van der Waals surface area contributed by atoms with Gasteiger partial charge in [0.1, 0.15) is 0 Å². The first kappa shape index (κ1) is 8.08. The topological polar surface area (TPSA) is 0 Å². The van der Waals surface area contributed by atoms with Crippen molar-refractivity contribution >= 4 is 40.3 Å². The van der Waals surface area contributed by atoms with Gasteiger partial charge in [-0.1, -0.05) is 30.3 Å². The Morgan fingerprint density at radius 1 is 1.50 bits per heavy atom. The first-order valence-electron chi connectivity index (χ1n) is 2.81. The molecule has 0 heterocycles. The maximum Gasteiger partial charge on any atom is 0.0545 e. The second-order valence-electron chi connectivity index (χ2n) is 1.88. The molecule has 1 aromatic carbocycles. The summed E-state index contributed by atoms with van der Waals surface area (Å²) in [6, 6.07) is 5.86. The van der Waals surface area contributed by atoms with Crippen molar-refractivity contribution in [3.05, 3.63) is 38.9 Å². The Labute approximate surface area is 79.0 Å². The van der Waals surface area contributed by atoms with Crippen LogP contribution < -0.4 is 0 Å². The van der Waals surface area contributed by atoms with Crippen molar-refractivity contribution in [2.75, 3.05) is 0 Å². The van der Waals surface area contributed by atoms with E-state index in [2.05, 4.69) is 29.2 Å². The molecule has 0 amide bonds. The third kappa shape index (κ3) is 1.73. The number of rotatable bonds is 1. The molecule has 0 nitrogen and oxygen atoms in total. The lowest BCUT2D eigenvalue weighted by atomic mass is 10.2. The lowest BCUT2D eigenvalue weighted by molar-refractivity contribution is 1.61. The third-order valence-electron chi connectivity index (χ3n) is 1.18. The largest absolute Gasteiger partial charge is 0.0985 e. The Bertz CT molecular complexity index is 255. The Morgan fingerprint density at radius 3 is 2.70 bits per heavy atom. The van der Waals surface area contributed by atoms with Crippen molar-refractivity contribution in [2.45, 2.75) is 0 Å². The van der Waals surface area contributed by atoms with Crippen LogP contribution in [-0.2, 0) is 0 Å². The first-order valence-corrected chi connectivity index (χ1v) is 4.27. The predicted molar refractivity (Wildman–Crippen MR) is 54.3 cm³/mol. The molecule has 1 aromatic rings. The van der Waals surface area contributed by atoms with Crippen LogP contribution in [0.5, 0.6) is 0 Å². The summed E-state index contributed by atoms with van der Waals surface area (Å²) in [5, 5.41) is 0.790. The molecule has 0 aliphatic carbocycles. The van der Waals surface area contributed by atoms with Gasteiger partial charge in [0.25, 0.3) is 0 Å². The summed E-state index contributed by atoms with van der Waals surface area (Å²) in [6.07, 6.45) is 1.78. The molecule has 0 atom stereocenters. The van der Waals surface area contributed by atoms with Crippen molar-refractivity contribution in [1.29, 1.82) is 0 Å². The van der Waals surface area contributed by atoms with E-state index in [0.29, 0.717) is 0 Å². The van der Waals surface area contributed by atoms with E-state index in [1.165, 1.54) is 0 Å². The highest BCUT2D eigenvalue weighted by molar-refractivity contribution is 14.1. The standard InChI is InChI=1S/C8H6ClI/c1-2-6-3-4-8(10)7(9)5-6/h2-5H,1H2. The number of hydrogen-bond acceptors (Lipinski definition) is 0. The van der Waals surface area contributed by atoms with Crippen molar-refractivity contribution in [3.63, 3.8) is 0 Å². The van der Waals surface area contributed by atoms with Gasteiger partial charge in [0.15, 0.2) is 0 Å². The van der Waals surface area contributed by atoms with E-state index in [4.69, 9.17) is 11.6 Å². The lowest BCUT2D eigenvalue weighted by Gasteiger charge is -1.95. The molecule has 0 aliphatic rings. The molecule has 0 fully saturated rings. The summed E-state index contributed by atoms with van der Waals surface area (Å²) in [5.41, 5.74) is 1.06. The van der Waals surface area contributed by atoms with Gasteiger partial charge in [-0.2, -0.15) is 0 Å². The van der Waals surface area contributed by atoms with Crippen LogP contribution in [0.2, 0.25) is 5.02 Å². The van der Waals surface area contributed by atoms with E-state index in [0.717, 1.165) is 14.2 Å². The molecule has 0 saturated carbocycles. The lowest BCUT2D eigenvalue weighted by Crippen LogP contribution is -1.75. The summed E-state index contributed by atoms with van der Waals surface area (Å²) in [7, 11) is 0. The Hall–Kier alpha value is -0.0200. The van der Waals surface area contributed by atoms with Gasteiger partial charge < -0.3 is 0 Å². The molecule has 0 N–H and O–H groups in total. The molecule has 0 bridgehead atoms. The minimum Gasteiger partial charge on any atom is -0.0985 e. The van der Waals surface area contributed by atoms with Crippen LogP contribution >= 0.6 is 34.2 Å². The minimum absolute atomic E-state index is 0.790. The Kier molecular flexibility index (Phi) is 2.74. The van der Waals surface area contributed by atoms with Crippen LogP contribution in [0.3, 0.4) is 0 Å². The molecule has 0 unspecified atom stereocenters. The van der Waals surface area contributed by atoms with Crippen molar-refractivity contribution in [1.82, 2.24) is 0 Å². The van der Waals surface area contributed by atoms with E-state index >= 15 is 0 Å². The summed E-state index contributed by atoms with van der Waals surface area (Å²) in [5.74, 6) is 0. The second-order valence-corrected chi connectivity index (χ2v) is 3.45. The number of halogens is 2. The van der Waals surface area contributed by atoms with Gasteiger partial charge in [-0.15, -0.1) is 0 Å². The minimum atomic E-state index is 0.790. The van der Waals surface area contributed by atoms with Gasteiger partial charge in [-0.25, -0.2) is 0 Å². The van der Waals surface area contributed by atoms with Crippen molar-refractivity contribution in [2.24, 2.45) is 0 Å². The first-order chi connectivity index (χ1) is 4.74. The molecule has 0 radical (unpaired) electrons. The van der Waals surface area contributed by atoms with Crippen molar-refractivity contribution in [3.8, 4) is 0 Å². The van der Waals surface area contributed by atoms with Crippen LogP contribution in [0.25, 0.3) is 6.08 Å². The summed E-state index contributed by atoms with van der Waals surface area (Å²) >= 11 is 8.03. The molecular weight excluding hydrogens is 258 g/mol. The highest BCUT2D eigenvalue weighted by Crippen LogP contribution is 2.19. The average Bonchev–Trinajstić information content (AvgIpc) is 1.95. The Morgan fingerprint density at radius 2 is 2.20 bits per heavy atom. The molecule has 2 heteroatoms. The molecule has 52 valence electrons. The number of benzene rings is 1. The van der Waals surface area contributed by atoms with E-state index in [9.17, 15) is 0 Å². The summed E-state index contributed by atoms with van der Waals surface area (Å²) < 4.78 is 1.07. The second kappa shape index (κ2) is 3.39. The zero-order valence-electron chi connectivity index (χ0n) is 5.27. The van der Waals surface area contributed by atoms with Gasteiger partial charge >= 0.3 is 0 Å². The van der Waals surface area contributed by atoms with E-state index < -0.39 is 0 Å². The molecule has 0 aromatic heterocycles. The van der Waals surface area contributed by atoms with E-state index in [1.54, 1.807) is 6.08 Å². The third-order valence-corrected chi connectivity index (χ3v) is 2.75. The molecule has 1 rings (SSSR count). The monoisotopic (exact) mass is 264 g/mol. The summed E-state index contributed by atoms with van der Waals surface area (Å²) in [6.45, 7) is 3.64. The van der Waals surface area contributed by atoms with Gasteiger partial charge in [0.05, 0.1) is 5.02 Å². The smallest absolute Gasteiger partial charge is 0.0545 e. The summed E-state index contributed by atoms with van der Waals surface area (Å²) in [4.78, 5) is 0. The van der Waals surface area contributed by atoms with Crippen molar-refractivity contribution < 1.29 is 0 Å². The highest BCUT2D eigenvalue weighted by atomic mass is 127. The molecule has 0 spiro atoms. The fourth-order valence-corrected chi connectivity index (χ4v) is 1.16. The molecule has 0 saturated heterocycles. The SMILES string of the molecule is C=Cc1ccc(I)c(Cl)c1. The van der Waals surface area contributed by atoms with Crippen LogP contribution in [0.1, 0.15) is 5.56 Å². The zero-order chi connectivity index (χ0) is 7.56. The quantitative estimate of drug-likeness (QED) is 0.680. The van der Waals surface area contributed by atoms with Crippen LogP contribution in [0, 0.1) is 3.57 Å². The van der Waals surface area contributed by atoms with E-state index in [-0.39, 0.29) is 0 Å². The van der Waals surface area contributed by atoms with Crippen LogP contribution in [0.4, 0.5) is 0 Å². The fourth-order valence-electron chi connectivity index (χ4n) is 0.639. The average molecular weight is 264 g/mol. The number of hydrogen-bond donors (Lipinski definition) is 0. The van der Waals surface area contributed by atoms with Gasteiger partial charge in [0, 0.05) is 3.57 Å². The predicted octanol–water partition coefficient (Wildman–Crippen LogP) is 3.59. The molecule has 0 aliphatic heterocycles. The van der Waals surface area contributed by atoms with Crippen LogP contribution in [0.15, 0.2) is 24.8 Å². The van der Waals surface area contributed by atoms with Crippen LogP contribution in [-0.4, -0.2) is 0 Å². The highest BCUT2D eigenvalue weighted by Gasteiger charge is 1.94. The van der Waals surface area contributed by atoms with Gasteiger partial charge in [-0.3, -0.25) is 0 Å². The normalized spacial score (nSPS) is 9.40.